The Balaban J connectivity index is 3.47. The summed E-state index contributed by atoms with van der Waals surface area (Å²) in [6, 6.07) is 0. The fourth-order valence-electron chi connectivity index (χ4n) is 1.40. The Kier molecular flexibility index (Phi) is 9.97. The lowest BCUT2D eigenvalue weighted by atomic mass is 10.2. The highest BCUT2D eigenvalue weighted by atomic mass is 32.2. The molecule has 0 aliphatic carbocycles. The van der Waals surface area contributed by atoms with Gasteiger partial charge in [-0.2, -0.15) is 0 Å². The van der Waals surface area contributed by atoms with E-state index in [1.807, 2.05) is 0 Å². The Bertz CT molecular complexity index is 240. The summed E-state index contributed by atoms with van der Waals surface area (Å²) >= 11 is 0. The van der Waals surface area contributed by atoms with Gasteiger partial charge in [0.15, 0.2) is 9.84 Å². The molecule has 5 heteroatoms. The van der Waals surface area contributed by atoms with Gasteiger partial charge in [-0.1, -0.05) is 32.6 Å². The van der Waals surface area contributed by atoms with Gasteiger partial charge in [0, 0.05) is 6.54 Å². The van der Waals surface area contributed by atoms with E-state index in [1.165, 1.54) is 12.8 Å². The predicted octanol–water partition coefficient (Wildman–Crippen LogP) is 1.35. The normalized spacial score (nSPS) is 11.9. The van der Waals surface area contributed by atoms with E-state index in [0.717, 1.165) is 19.3 Å². The summed E-state index contributed by atoms with van der Waals surface area (Å²) in [4.78, 5) is 0. The minimum atomic E-state index is -2.92. The van der Waals surface area contributed by atoms with Crippen LogP contribution in [0, 0.1) is 0 Å². The molecular weight excluding hydrogens is 226 g/mol. The van der Waals surface area contributed by atoms with Crippen LogP contribution in [-0.2, 0) is 14.6 Å². The maximum Gasteiger partial charge on any atom is 0.152 e. The van der Waals surface area contributed by atoms with E-state index in [-0.39, 0.29) is 12.4 Å². The Morgan fingerprint density at radius 1 is 1.00 bits per heavy atom. The van der Waals surface area contributed by atoms with E-state index in [4.69, 9.17) is 10.5 Å². The van der Waals surface area contributed by atoms with Gasteiger partial charge >= 0.3 is 0 Å². The third-order valence-electron chi connectivity index (χ3n) is 2.36. The molecule has 0 rings (SSSR count). The van der Waals surface area contributed by atoms with Gasteiger partial charge < -0.3 is 10.5 Å². The standard InChI is InChI=1S/C11H25NO3S/c1-2-3-4-5-6-10-16(13,14)11-9-15-8-7-12/h2-12H2,1H3. The van der Waals surface area contributed by atoms with Crippen molar-refractivity contribution in [2.45, 2.75) is 39.0 Å². The number of hydrogen-bond donors (Lipinski definition) is 1. The summed E-state index contributed by atoms with van der Waals surface area (Å²) in [7, 11) is -2.92. The zero-order valence-electron chi connectivity index (χ0n) is 10.3. The topological polar surface area (TPSA) is 69.4 Å². The van der Waals surface area contributed by atoms with Crippen molar-refractivity contribution in [2.24, 2.45) is 5.73 Å². The monoisotopic (exact) mass is 251 g/mol. The predicted molar refractivity (Wildman–Crippen MR) is 67.3 cm³/mol. The van der Waals surface area contributed by atoms with Crippen molar-refractivity contribution in [3.63, 3.8) is 0 Å². The Labute approximate surface area is 99.5 Å². The number of ether oxygens (including phenoxy) is 1. The highest BCUT2D eigenvalue weighted by Gasteiger charge is 2.09. The van der Waals surface area contributed by atoms with Gasteiger partial charge in [-0.05, 0) is 6.42 Å². The SMILES string of the molecule is CCCCCCCS(=O)(=O)CCOCCN. The van der Waals surface area contributed by atoms with Gasteiger partial charge in [0.05, 0.1) is 24.7 Å². The summed E-state index contributed by atoms with van der Waals surface area (Å²) in [5.74, 6) is 0.420. The van der Waals surface area contributed by atoms with Crippen molar-refractivity contribution in [1.82, 2.24) is 0 Å². The molecule has 0 amide bonds. The van der Waals surface area contributed by atoms with Crippen LogP contribution in [0.5, 0.6) is 0 Å². The molecule has 0 atom stereocenters. The van der Waals surface area contributed by atoms with Crippen LogP contribution in [0.25, 0.3) is 0 Å². The van der Waals surface area contributed by atoms with Crippen LogP contribution < -0.4 is 5.73 Å². The highest BCUT2D eigenvalue weighted by Crippen LogP contribution is 2.04. The van der Waals surface area contributed by atoms with E-state index in [1.54, 1.807) is 0 Å². The Morgan fingerprint density at radius 3 is 2.31 bits per heavy atom. The van der Waals surface area contributed by atoms with E-state index in [0.29, 0.717) is 18.9 Å². The first kappa shape index (κ1) is 15.9. The van der Waals surface area contributed by atoms with Gasteiger partial charge in [0.2, 0.25) is 0 Å². The summed E-state index contributed by atoms with van der Waals surface area (Å²) in [5, 5.41) is 0. The molecule has 0 radical (unpaired) electrons. The van der Waals surface area contributed by atoms with Crippen molar-refractivity contribution >= 4 is 9.84 Å². The quantitative estimate of drug-likeness (QED) is 0.563. The van der Waals surface area contributed by atoms with E-state index >= 15 is 0 Å². The second kappa shape index (κ2) is 10.1. The first-order valence-corrected chi connectivity index (χ1v) is 7.92. The molecule has 0 aromatic carbocycles. The van der Waals surface area contributed by atoms with Crippen LogP contribution in [0.4, 0.5) is 0 Å². The van der Waals surface area contributed by atoms with Crippen LogP contribution in [-0.4, -0.2) is 39.7 Å². The molecule has 0 fully saturated rings. The average Bonchev–Trinajstić information content (AvgIpc) is 2.24. The minimum Gasteiger partial charge on any atom is -0.379 e. The fourth-order valence-corrected chi connectivity index (χ4v) is 2.62. The molecule has 0 unspecified atom stereocenters. The summed E-state index contributed by atoms with van der Waals surface area (Å²) < 4.78 is 28.1. The minimum absolute atomic E-state index is 0.126. The number of sulfone groups is 1. The first-order valence-electron chi connectivity index (χ1n) is 6.10. The lowest BCUT2D eigenvalue weighted by Gasteiger charge is -2.05. The average molecular weight is 251 g/mol. The van der Waals surface area contributed by atoms with Crippen molar-refractivity contribution in [3.05, 3.63) is 0 Å². The Hall–Kier alpha value is -0.130. The maximum absolute atomic E-state index is 11.5. The molecule has 98 valence electrons. The van der Waals surface area contributed by atoms with Crippen molar-refractivity contribution in [3.8, 4) is 0 Å². The van der Waals surface area contributed by atoms with E-state index < -0.39 is 9.84 Å². The van der Waals surface area contributed by atoms with Gasteiger partial charge in [0.1, 0.15) is 0 Å². The third kappa shape index (κ3) is 10.4. The molecule has 0 saturated heterocycles. The third-order valence-corrected chi connectivity index (χ3v) is 4.06. The van der Waals surface area contributed by atoms with E-state index in [2.05, 4.69) is 6.92 Å². The fraction of sp³-hybridized carbons (Fsp3) is 1.00. The molecule has 0 bridgehead atoms. The summed E-state index contributed by atoms with van der Waals surface area (Å²) in [6.07, 6.45) is 5.30. The van der Waals surface area contributed by atoms with Crippen molar-refractivity contribution in [1.29, 1.82) is 0 Å². The number of rotatable bonds is 11. The maximum atomic E-state index is 11.5. The summed E-state index contributed by atoms with van der Waals surface area (Å²) in [5.41, 5.74) is 5.23. The lowest BCUT2D eigenvalue weighted by molar-refractivity contribution is 0.157. The van der Waals surface area contributed by atoms with Gasteiger partial charge in [-0.3, -0.25) is 0 Å². The summed E-state index contributed by atoms with van der Waals surface area (Å²) in [6.45, 7) is 3.29. The molecule has 4 nitrogen and oxygen atoms in total. The molecule has 0 aliphatic heterocycles. The van der Waals surface area contributed by atoms with Crippen LogP contribution >= 0.6 is 0 Å². The first-order chi connectivity index (χ1) is 7.62. The van der Waals surface area contributed by atoms with Gasteiger partial charge in [-0.15, -0.1) is 0 Å². The van der Waals surface area contributed by atoms with Crippen molar-refractivity contribution in [2.75, 3.05) is 31.3 Å². The molecule has 0 aromatic heterocycles. The zero-order chi connectivity index (χ0) is 12.3. The molecule has 0 spiro atoms. The number of nitrogens with two attached hydrogens (primary N) is 1. The largest absolute Gasteiger partial charge is 0.379 e. The smallest absolute Gasteiger partial charge is 0.152 e. The number of unbranched alkanes of at least 4 members (excludes halogenated alkanes) is 4. The number of hydrogen-bond acceptors (Lipinski definition) is 4. The van der Waals surface area contributed by atoms with Crippen LogP contribution in [0.3, 0.4) is 0 Å². The van der Waals surface area contributed by atoms with Crippen LogP contribution in [0.1, 0.15) is 39.0 Å². The molecule has 0 aliphatic rings. The second-order valence-corrected chi connectivity index (χ2v) is 6.27. The van der Waals surface area contributed by atoms with Gasteiger partial charge in [-0.25, -0.2) is 8.42 Å². The van der Waals surface area contributed by atoms with Gasteiger partial charge in [0.25, 0.3) is 0 Å². The van der Waals surface area contributed by atoms with Crippen LogP contribution in [0.2, 0.25) is 0 Å². The van der Waals surface area contributed by atoms with Crippen molar-refractivity contribution < 1.29 is 13.2 Å². The van der Waals surface area contributed by atoms with Crippen LogP contribution in [0.15, 0.2) is 0 Å². The second-order valence-electron chi connectivity index (χ2n) is 3.97. The lowest BCUT2D eigenvalue weighted by Crippen LogP contribution is -2.18. The molecule has 2 N–H and O–H groups in total. The highest BCUT2D eigenvalue weighted by molar-refractivity contribution is 7.91. The molecule has 0 saturated carbocycles. The Morgan fingerprint density at radius 2 is 1.69 bits per heavy atom. The molecular formula is C11H25NO3S. The zero-order valence-corrected chi connectivity index (χ0v) is 11.1. The molecule has 0 aromatic rings. The molecule has 0 heterocycles. The van der Waals surface area contributed by atoms with E-state index in [9.17, 15) is 8.42 Å². The molecule has 16 heavy (non-hydrogen) atoms.